The number of hydrogen-bond acceptors (Lipinski definition) is 2. The molecule has 5 N–H and O–H groups in total. The molecule has 12 heteroatoms. The van der Waals surface area contributed by atoms with Gasteiger partial charge < -0.3 is 16.6 Å². The third-order valence-electron chi connectivity index (χ3n) is 6.14. The first kappa shape index (κ1) is 36.9. The molecule has 0 spiro atoms. The maximum Gasteiger partial charge on any atom is 0.417 e. The standard InChI is InChI=1S/C16H20F3N3O.C15H17F3O2/c1-3-4-5-6-7-11-8-10(2)12(14(23)22-15(20)21)9-13(11)16(17,18)19;1-3-4-5-6-7-11-8-10(2)12(14(19)20)9-13(11)15(16,17)18/h6-9H,3-5H2,1-2H3,(H4,20,21,22,23);6-9H,3-5H2,1-2H3,(H,19,20). The van der Waals surface area contributed by atoms with E-state index in [0.29, 0.717) is 30.0 Å². The van der Waals surface area contributed by atoms with Crippen molar-refractivity contribution < 1.29 is 41.0 Å². The average molecular weight is 614 g/mol. The predicted molar refractivity (Wildman–Crippen MR) is 157 cm³/mol. The molecule has 0 fully saturated rings. The highest BCUT2D eigenvalue weighted by atomic mass is 19.4. The lowest BCUT2D eigenvalue weighted by molar-refractivity contribution is -0.138. The number of carbonyl (C=O) groups excluding carboxylic acids is 1. The number of carboxylic acids is 1. The zero-order valence-corrected chi connectivity index (χ0v) is 24.5. The summed E-state index contributed by atoms with van der Waals surface area (Å²) >= 11 is 0. The Kier molecular flexibility index (Phi) is 14.2. The highest BCUT2D eigenvalue weighted by Gasteiger charge is 2.35. The number of carbonyl (C=O) groups is 2. The van der Waals surface area contributed by atoms with Gasteiger partial charge in [-0.2, -0.15) is 31.3 Å². The summed E-state index contributed by atoms with van der Waals surface area (Å²) in [5.74, 6) is -2.74. The second kappa shape index (κ2) is 16.5. The van der Waals surface area contributed by atoms with Crippen LogP contribution in [0.15, 0.2) is 41.4 Å². The first-order valence-electron chi connectivity index (χ1n) is 13.6. The van der Waals surface area contributed by atoms with Gasteiger partial charge in [0.2, 0.25) is 0 Å². The predicted octanol–water partition coefficient (Wildman–Crippen LogP) is 8.55. The van der Waals surface area contributed by atoms with Crippen molar-refractivity contribution in [1.29, 1.82) is 0 Å². The number of nitrogens with zero attached hydrogens (tertiary/aromatic N) is 1. The summed E-state index contributed by atoms with van der Waals surface area (Å²) in [4.78, 5) is 26.1. The van der Waals surface area contributed by atoms with Gasteiger partial charge in [0.15, 0.2) is 5.96 Å². The number of carboxylic acid groups (broad SMARTS) is 1. The molecule has 0 aliphatic carbocycles. The number of alkyl halides is 6. The number of rotatable bonds is 10. The van der Waals surface area contributed by atoms with Crippen LogP contribution in [0.5, 0.6) is 0 Å². The molecule has 236 valence electrons. The average Bonchev–Trinajstić information content (AvgIpc) is 2.87. The van der Waals surface area contributed by atoms with Crippen molar-refractivity contribution in [3.63, 3.8) is 0 Å². The highest BCUT2D eigenvalue weighted by Crippen LogP contribution is 2.36. The number of amides is 1. The first-order valence-corrected chi connectivity index (χ1v) is 13.6. The Balaban J connectivity index is 0.000000434. The van der Waals surface area contributed by atoms with Crippen molar-refractivity contribution in [1.82, 2.24) is 0 Å². The lowest BCUT2D eigenvalue weighted by Gasteiger charge is -2.13. The molecule has 0 aliphatic rings. The van der Waals surface area contributed by atoms with E-state index in [9.17, 15) is 35.9 Å². The highest BCUT2D eigenvalue weighted by molar-refractivity contribution is 6.03. The van der Waals surface area contributed by atoms with Crippen molar-refractivity contribution in [2.24, 2.45) is 16.5 Å². The van der Waals surface area contributed by atoms with Crippen LogP contribution in [-0.2, 0) is 12.4 Å². The van der Waals surface area contributed by atoms with Crippen molar-refractivity contribution in [3.05, 3.63) is 80.9 Å². The summed E-state index contributed by atoms with van der Waals surface area (Å²) in [6.07, 6.45) is 2.22. The van der Waals surface area contributed by atoms with E-state index in [4.69, 9.17) is 16.6 Å². The number of nitrogens with two attached hydrogens (primary N) is 2. The van der Waals surface area contributed by atoms with E-state index < -0.39 is 41.3 Å². The fourth-order valence-electron chi connectivity index (χ4n) is 3.93. The molecule has 43 heavy (non-hydrogen) atoms. The van der Waals surface area contributed by atoms with Gasteiger partial charge >= 0.3 is 18.3 Å². The van der Waals surface area contributed by atoms with Gasteiger partial charge in [-0.3, -0.25) is 4.79 Å². The number of hydrogen-bond donors (Lipinski definition) is 3. The van der Waals surface area contributed by atoms with Crippen molar-refractivity contribution >= 4 is 30.0 Å². The van der Waals surface area contributed by atoms with Gasteiger partial charge in [-0.15, -0.1) is 0 Å². The topological polar surface area (TPSA) is 119 Å². The smallest absolute Gasteiger partial charge is 0.417 e. The van der Waals surface area contributed by atoms with Crippen LogP contribution in [0, 0.1) is 13.8 Å². The van der Waals surface area contributed by atoms with Gasteiger partial charge in [0.1, 0.15) is 0 Å². The van der Waals surface area contributed by atoms with Crippen LogP contribution in [0.25, 0.3) is 12.2 Å². The Bertz CT molecular complexity index is 1360. The molecule has 0 saturated heterocycles. The summed E-state index contributed by atoms with van der Waals surface area (Å²) < 4.78 is 78.6. The fourth-order valence-corrected chi connectivity index (χ4v) is 3.93. The molecule has 0 aliphatic heterocycles. The second-order valence-electron chi connectivity index (χ2n) is 9.74. The number of benzene rings is 2. The van der Waals surface area contributed by atoms with Gasteiger partial charge in [0, 0.05) is 5.56 Å². The first-order chi connectivity index (χ1) is 19.9. The molecule has 0 heterocycles. The van der Waals surface area contributed by atoms with E-state index in [-0.39, 0.29) is 22.3 Å². The number of aryl methyl sites for hydroxylation is 2. The van der Waals surface area contributed by atoms with E-state index in [1.54, 1.807) is 19.1 Å². The summed E-state index contributed by atoms with van der Waals surface area (Å²) in [6.45, 7) is 7.04. The molecule has 2 aromatic carbocycles. The number of aromatic carboxylic acids is 1. The minimum Gasteiger partial charge on any atom is -0.478 e. The molecule has 2 aromatic rings. The van der Waals surface area contributed by atoms with Crippen LogP contribution in [0.2, 0.25) is 0 Å². The maximum atomic E-state index is 13.2. The Labute approximate surface area is 247 Å². The second-order valence-corrected chi connectivity index (χ2v) is 9.74. The molecule has 0 unspecified atom stereocenters. The van der Waals surface area contributed by atoms with Crippen LogP contribution in [-0.4, -0.2) is 22.9 Å². The molecule has 0 radical (unpaired) electrons. The van der Waals surface area contributed by atoms with Crippen LogP contribution in [0.1, 0.15) is 106 Å². The quantitative estimate of drug-likeness (QED) is 0.107. The largest absolute Gasteiger partial charge is 0.478 e. The lowest BCUT2D eigenvalue weighted by atomic mass is 9.97. The Morgan fingerprint density at radius 1 is 0.767 bits per heavy atom. The number of allylic oxidation sites excluding steroid dienone is 2. The van der Waals surface area contributed by atoms with E-state index in [1.807, 2.05) is 13.8 Å². The SMILES string of the molecule is CCCCC=Cc1cc(C)c(C(=O)N=C(N)N)cc1C(F)(F)F.CCCCC=Cc1cc(C)c(C(=O)O)cc1C(F)(F)F. The van der Waals surface area contributed by atoms with Gasteiger partial charge in [-0.25, -0.2) is 4.79 Å². The van der Waals surface area contributed by atoms with Crippen LogP contribution in [0.3, 0.4) is 0 Å². The molecular weight excluding hydrogens is 576 g/mol. The molecule has 1 amide bonds. The summed E-state index contributed by atoms with van der Waals surface area (Å²) in [5.41, 5.74) is 8.65. The van der Waals surface area contributed by atoms with E-state index in [1.165, 1.54) is 31.2 Å². The Hall–Kier alpha value is -4.09. The van der Waals surface area contributed by atoms with Gasteiger partial charge in [-0.05, 0) is 61.1 Å². The maximum absolute atomic E-state index is 13.2. The lowest BCUT2D eigenvalue weighted by Crippen LogP contribution is -2.24. The van der Waals surface area contributed by atoms with Crippen molar-refractivity contribution in [3.8, 4) is 0 Å². The number of guanidine groups is 1. The zero-order valence-electron chi connectivity index (χ0n) is 24.5. The summed E-state index contributed by atoms with van der Waals surface area (Å²) in [6, 6.07) is 4.09. The summed E-state index contributed by atoms with van der Waals surface area (Å²) in [5, 5.41) is 8.91. The monoisotopic (exact) mass is 613 g/mol. The number of unbranched alkanes of at least 4 members (excludes halogenated alkanes) is 4. The van der Waals surface area contributed by atoms with E-state index >= 15 is 0 Å². The van der Waals surface area contributed by atoms with E-state index in [0.717, 1.165) is 31.7 Å². The third-order valence-corrected chi connectivity index (χ3v) is 6.14. The third kappa shape index (κ3) is 12.0. The van der Waals surface area contributed by atoms with Crippen LogP contribution < -0.4 is 11.5 Å². The van der Waals surface area contributed by atoms with Crippen LogP contribution in [0.4, 0.5) is 26.3 Å². The van der Waals surface area contributed by atoms with E-state index in [2.05, 4.69) is 4.99 Å². The Morgan fingerprint density at radius 3 is 1.51 bits per heavy atom. The minimum absolute atomic E-state index is 0.0103. The van der Waals surface area contributed by atoms with Gasteiger partial charge in [-0.1, -0.05) is 76.0 Å². The summed E-state index contributed by atoms with van der Waals surface area (Å²) in [7, 11) is 0. The molecular formula is C31H37F6N3O3. The molecule has 0 saturated carbocycles. The number of halogens is 6. The van der Waals surface area contributed by atoms with Crippen molar-refractivity contribution in [2.75, 3.05) is 0 Å². The molecule has 0 aromatic heterocycles. The van der Waals surface area contributed by atoms with Crippen LogP contribution >= 0.6 is 0 Å². The Morgan fingerprint density at radius 2 is 1.16 bits per heavy atom. The van der Waals surface area contributed by atoms with Gasteiger partial charge in [0.05, 0.1) is 16.7 Å². The normalized spacial score (nSPS) is 11.9. The molecule has 0 bridgehead atoms. The fraction of sp³-hybridized carbons (Fsp3) is 0.387. The minimum atomic E-state index is -4.58. The van der Waals surface area contributed by atoms with Crippen molar-refractivity contribution in [2.45, 2.75) is 78.6 Å². The number of aliphatic imine (C=N–C) groups is 1. The molecule has 0 atom stereocenters. The molecule has 2 rings (SSSR count). The zero-order chi connectivity index (χ0) is 33.0. The van der Waals surface area contributed by atoms with Gasteiger partial charge in [0.25, 0.3) is 5.91 Å². The molecule has 6 nitrogen and oxygen atoms in total.